The Morgan fingerprint density at radius 2 is 1.95 bits per heavy atom. The Morgan fingerprint density at radius 1 is 1.29 bits per heavy atom. The molecule has 3 unspecified atom stereocenters. The number of aliphatic hydroxyl groups is 1. The monoisotopic (exact) mass is 291 g/mol. The fraction of sp³-hybridized carbons (Fsp3) is 0.667. The molecule has 0 aromatic heterocycles. The third-order valence-electron chi connectivity index (χ3n) is 4.55. The highest BCUT2D eigenvalue weighted by Crippen LogP contribution is 2.45. The van der Waals surface area contributed by atoms with Crippen molar-refractivity contribution >= 4 is 5.69 Å². The van der Waals surface area contributed by atoms with Gasteiger partial charge in [-0.2, -0.15) is 0 Å². The van der Waals surface area contributed by atoms with E-state index in [1.165, 1.54) is 0 Å². The van der Waals surface area contributed by atoms with Crippen LogP contribution in [-0.4, -0.2) is 23.9 Å². The van der Waals surface area contributed by atoms with Crippen molar-refractivity contribution in [3.8, 4) is 0 Å². The number of nitrogens with one attached hydrogen (secondary N) is 1. The fourth-order valence-electron chi connectivity index (χ4n) is 2.90. The molecule has 2 rings (SSSR count). The minimum Gasteiger partial charge on any atom is -0.389 e. The van der Waals surface area contributed by atoms with E-state index in [0.29, 0.717) is 18.1 Å². The van der Waals surface area contributed by atoms with Gasteiger partial charge in [0.05, 0.1) is 12.2 Å². The van der Waals surface area contributed by atoms with E-state index >= 15 is 0 Å². The average molecular weight is 291 g/mol. The first-order valence-corrected chi connectivity index (χ1v) is 7.97. The first kappa shape index (κ1) is 16.3. The minimum absolute atomic E-state index is 0.112. The molecule has 0 heterocycles. The normalized spacial score (nSPS) is 25.5. The van der Waals surface area contributed by atoms with Crippen molar-refractivity contribution in [2.24, 2.45) is 11.3 Å². The molecule has 0 amide bonds. The lowest BCUT2D eigenvalue weighted by Crippen LogP contribution is -2.58. The second kappa shape index (κ2) is 6.37. The molecule has 0 radical (unpaired) electrons. The number of aliphatic hydroxyl groups excluding tert-OH is 1. The summed E-state index contributed by atoms with van der Waals surface area (Å²) >= 11 is 0. The second-order valence-corrected chi connectivity index (χ2v) is 7.23. The molecule has 1 aromatic carbocycles. The first-order valence-electron chi connectivity index (χ1n) is 7.97. The predicted molar refractivity (Wildman–Crippen MR) is 87.5 cm³/mol. The summed E-state index contributed by atoms with van der Waals surface area (Å²) in [6.07, 6.45) is 0.884. The van der Waals surface area contributed by atoms with Crippen molar-refractivity contribution in [2.75, 3.05) is 11.9 Å². The van der Waals surface area contributed by atoms with Crippen LogP contribution in [0.15, 0.2) is 24.3 Å². The summed E-state index contributed by atoms with van der Waals surface area (Å²) in [6, 6.07) is 8.38. The maximum absolute atomic E-state index is 9.87. The highest BCUT2D eigenvalue weighted by molar-refractivity contribution is 5.53. The minimum atomic E-state index is -0.454. The van der Waals surface area contributed by atoms with Gasteiger partial charge in [-0.15, -0.1) is 0 Å². The van der Waals surface area contributed by atoms with Crippen molar-refractivity contribution in [2.45, 2.75) is 59.3 Å². The summed E-state index contributed by atoms with van der Waals surface area (Å²) in [5.41, 5.74) is 2.11. The number of anilines is 1. The Labute approximate surface area is 128 Å². The van der Waals surface area contributed by atoms with E-state index in [1.807, 2.05) is 24.3 Å². The Morgan fingerprint density at radius 3 is 2.52 bits per heavy atom. The van der Waals surface area contributed by atoms with Crippen LogP contribution in [0.1, 0.15) is 52.7 Å². The Bertz CT molecular complexity index is 468. The van der Waals surface area contributed by atoms with Gasteiger partial charge in [-0.3, -0.25) is 0 Å². The lowest BCUT2D eigenvalue weighted by molar-refractivity contribution is -0.108. The zero-order chi connectivity index (χ0) is 15.6. The van der Waals surface area contributed by atoms with Crippen molar-refractivity contribution in [3.05, 3.63) is 29.8 Å². The van der Waals surface area contributed by atoms with E-state index in [1.54, 1.807) is 6.92 Å². The molecule has 3 atom stereocenters. The van der Waals surface area contributed by atoms with Crippen molar-refractivity contribution in [1.82, 2.24) is 0 Å². The molecule has 2 N–H and O–H groups in total. The Hall–Kier alpha value is -1.06. The van der Waals surface area contributed by atoms with E-state index in [4.69, 9.17) is 4.74 Å². The smallest absolute Gasteiger partial charge is 0.0781 e. The van der Waals surface area contributed by atoms with Crippen LogP contribution in [0.2, 0.25) is 0 Å². The van der Waals surface area contributed by atoms with E-state index in [0.717, 1.165) is 24.3 Å². The Balaban J connectivity index is 1.99. The topological polar surface area (TPSA) is 41.5 Å². The molecule has 21 heavy (non-hydrogen) atoms. The number of para-hydroxylation sites is 1. The van der Waals surface area contributed by atoms with Crippen LogP contribution < -0.4 is 5.32 Å². The predicted octanol–water partition coefficient (Wildman–Crippen LogP) is 3.99. The number of hydrogen-bond donors (Lipinski definition) is 2. The largest absolute Gasteiger partial charge is 0.389 e. The van der Waals surface area contributed by atoms with Gasteiger partial charge < -0.3 is 15.2 Å². The fourth-order valence-corrected chi connectivity index (χ4v) is 2.90. The zero-order valence-corrected chi connectivity index (χ0v) is 13.9. The zero-order valence-electron chi connectivity index (χ0n) is 13.9. The van der Waals surface area contributed by atoms with Crippen LogP contribution in [0.4, 0.5) is 5.69 Å². The van der Waals surface area contributed by atoms with Gasteiger partial charge in [-0.25, -0.2) is 0 Å². The maximum Gasteiger partial charge on any atom is 0.0781 e. The molecule has 1 fully saturated rings. The summed E-state index contributed by atoms with van der Waals surface area (Å²) in [4.78, 5) is 0. The first-order chi connectivity index (χ1) is 9.82. The van der Waals surface area contributed by atoms with E-state index in [2.05, 4.69) is 33.0 Å². The molecule has 3 heteroatoms. The standard InChI is InChI=1S/C18H29NO2/c1-12(2)11-21-17-10-16(18(17,4)5)19-15-9-7-6-8-14(15)13(3)20/h6-9,12-13,16-17,19-20H,10-11H2,1-5H3. The quantitative estimate of drug-likeness (QED) is 0.832. The van der Waals surface area contributed by atoms with Gasteiger partial charge in [0.2, 0.25) is 0 Å². The summed E-state index contributed by atoms with van der Waals surface area (Å²) in [7, 11) is 0. The van der Waals surface area contributed by atoms with Crippen LogP contribution in [-0.2, 0) is 4.74 Å². The van der Waals surface area contributed by atoms with Crippen LogP contribution in [0, 0.1) is 11.3 Å². The molecule has 1 aliphatic rings. The SMILES string of the molecule is CC(C)COC1CC(Nc2ccccc2C(C)O)C1(C)C. The molecule has 0 bridgehead atoms. The maximum atomic E-state index is 9.87. The summed E-state index contributed by atoms with van der Waals surface area (Å²) < 4.78 is 6.01. The molecule has 1 aliphatic carbocycles. The molecule has 1 aromatic rings. The van der Waals surface area contributed by atoms with Gasteiger partial charge in [0.1, 0.15) is 0 Å². The molecule has 0 saturated heterocycles. The molecular weight excluding hydrogens is 262 g/mol. The van der Waals surface area contributed by atoms with Crippen LogP contribution in [0.3, 0.4) is 0 Å². The third kappa shape index (κ3) is 3.58. The molecule has 0 aliphatic heterocycles. The van der Waals surface area contributed by atoms with Crippen molar-refractivity contribution in [3.63, 3.8) is 0 Å². The molecular formula is C18H29NO2. The highest BCUT2D eigenvalue weighted by Gasteiger charge is 2.49. The molecule has 3 nitrogen and oxygen atoms in total. The number of rotatable bonds is 6. The van der Waals surface area contributed by atoms with Gasteiger partial charge in [-0.1, -0.05) is 45.9 Å². The van der Waals surface area contributed by atoms with E-state index in [-0.39, 0.29) is 5.41 Å². The second-order valence-electron chi connectivity index (χ2n) is 7.23. The summed E-state index contributed by atoms with van der Waals surface area (Å²) in [5.74, 6) is 0.573. The van der Waals surface area contributed by atoms with Crippen LogP contribution in [0.25, 0.3) is 0 Å². The Kier molecular flexibility index (Phi) is 4.95. The number of ether oxygens (including phenoxy) is 1. The molecule has 0 spiro atoms. The summed E-state index contributed by atoms with van der Waals surface area (Å²) in [5, 5.41) is 13.5. The van der Waals surface area contributed by atoms with Gasteiger partial charge in [0.25, 0.3) is 0 Å². The van der Waals surface area contributed by atoms with Gasteiger partial charge >= 0.3 is 0 Å². The van der Waals surface area contributed by atoms with E-state index in [9.17, 15) is 5.11 Å². The lowest BCUT2D eigenvalue weighted by Gasteiger charge is -2.52. The van der Waals surface area contributed by atoms with Gasteiger partial charge in [0.15, 0.2) is 0 Å². The summed E-state index contributed by atoms with van der Waals surface area (Å²) in [6.45, 7) is 11.5. The van der Waals surface area contributed by atoms with E-state index < -0.39 is 6.10 Å². The van der Waals surface area contributed by atoms with Crippen molar-refractivity contribution < 1.29 is 9.84 Å². The third-order valence-corrected chi connectivity index (χ3v) is 4.55. The van der Waals surface area contributed by atoms with Gasteiger partial charge in [0, 0.05) is 29.3 Å². The van der Waals surface area contributed by atoms with Crippen LogP contribution in [0.5, 0.6) is 0 Å². The number of hydrogen-bond acceptors (Lipinski definition) is 3. The van der Waals surface area contributed by atoms with Gasteiger partial charge in [-0.05, 0) is 25.3 Å². The van der Waals surface area contributed by atoms with Crippen molar-refractivity contribution in [1.29, 1.82) is 0 Å². The lowest BCUT2D eigenvalue weighted by atomic mass is 9.64. The average Bonchev–Trinajstić information content (AvgIpc) is 2.41. The molecule has 118 valence electrons. The molecule has 1 saturated carbocycles. The van der Waals surface area contributed by atoms with Crippen LogP contribution >= 0.6 is 0 Å². The highest BCUT2D eigenvalue weighted by atomic mass is 16.5. The number of benzene rings is 1.